The first-order chi connectivity index (χ1) is 8.84. The average molecular weight is 257 g/mol. The predicted molar refractivity (Wildman–Crippen MR) is 77.8 cm³/mol. The molecule has 1 fully saturated rings. The second-order valence-electron chi connectivity index (χ2n) is 5.13. The van der Waals surface area contributed by atoms with Crippen molar-refractivity contribution in [2.24, 2.45) is 5.92 Å². The van der Waals surface area contributed by atoms with Gasteiger partial charge in [-0.3, -0.25) is 0 Å². The van der Waals surface area contributed by atoms with E-state index in [4.69, 9.17) is 0 Å². The summed E-state index contributed by atoms with van der Waals surface area (Å²) in [5.74, 6) is 0.842. The molecule has 1 unspecified atom stereocenters. The van der Waals surface area contributed by atoms with Crippen LogP contribution in [0.4, 0.5) is 0 Å². The molecule has 1 aromatic heterocycles. The Balaban J connectivity index is 1.73. The Morgan fingerprint density at radius 2 is 1.89 bits per heavy atom. The Morgan fingerprint density at radius 3 is 2.50 bits per heavy atom. The molecule has 1 nitrogen and oxygen atoms in total. The molecule has 1 saturated carbocycles. The highest BCUT2D eigenvalue weighted by atomic mass is 32.1. The summed E-state index contributed by atoms with van der Waals surface area (Å²) in [6, 6.07) is 16.1. The lowest BCUT2D eigenvalue weighted by Crippen LogP contribution is -2.25. The zero-order chi connectivity index (χ0) is 12.4. The SMILES string of the molecule is C[C@H](NC(c1cccs1)C1CC1)c1ccccc1. The van der Waals surface area contributed by atoms with Gasteiger partial charge in [0, 0.05) is 17.0 Å². The summed E-state index contributed by atoms with van der Waals surface area (Å²) in [4.78, 5) is 1.49. The van der Waals surface area contributed by atoms with Crippen LogP contribution in [0.1, 0.15) is 42.3 Å². The second-order valence-corrected chi connectivity index (χ2v) is 6.11. The van der Waals surface area contributed by atoms with Crippen molar-refractivity contribution in [1.82, 2.24) is 5.32 Å². The van der Waals surface area contributed by atoms with Gasteiger partial charge in [-0.15, -0.1) is 11.3 Å². The number of hydrogen-bond donors (Lipinski definition) is 1. The van der Waals surface area contributed by atoms with E-state index in [1.807, 2.05) is 11.3 Å². The van der Waals surface area contributed by atoms with E-state index in [0.29, 0.717) is 12.1 Å². The van der Waals surface area contributed by atoms with Crippen LogP contribution in [0.3, 0.4) is 0 Å². The Morgan fingerprint density at radius 1 is 1.11 bits per heavy atom. The van der Waals surface area contributed by atoms with Crippen molar-refractivity contribution in [3.8, 4) is 0 Å². The topological polar surface area (TPSA) is 12.0 Å². The quantitative estimate of drug-likeness (QED) is 0.828. The Labute approximate surface area is 113 Å². The van der Waals surface area contributed by atoms with E-state index in [2.05, 4.69) is 60.1 Å². The van der Waals surface area contributed by atoms with Crippen LogP contribution in [0.15, 0.2) is 47.8 Å². The van der Waals surface area contributed by atoms with Gasteiger partial charge in [0.15, 0.2) is 0 Å². The van der Waals surface area contributed by atoms with E-state index in [1.54, 1.807) is 0 Å². The first kappa shape index (κ1) is 11.9. The molecule has 0 radical (unpaired) electrons. The lowest BCUT2D eigenvalue weighted by atomic mass is 10.0. The van der Waals surface area contributed by atoms with Crippen LogP contribution in [0.5, 0.6) is 0 Å². The van der Waals surface area contributed by atoms with Crippen molar-refractivity contribution in [3.05, 3.63) is 58.3 Å². The fourth-order valence-corrected chi connectivity index (χ4v) is 3.33. The van der Waals surface area contributed by atoms with Gasteiger partial charge in [-0.1, -0.05) is 36.4 Å². The maximum Gasteiger partial charge on any atom is 0.0448 e. The van der Waals surface area contributed by atoms with E-state index in [9.17, 15) is 0 Å². The fourth-order valence-electron chi connectivity index (χ4n) is 2.46. The number of thiophene rings is 1. The summed E-state index contributed by atoms with van der Waals surface area (Å²) < 4.78 is 0. The van der Waals surface area contributed by atoms with Crippen LogP contribution in [0, 0.1) is 5.92 Å². The minimum atomic E-state index is 0.416. The molecule has 2 aromatic rings. The standard InChI is InChI=1S/C16H19NS/c1-12(13-6-3-2-4-7-13)17-16(14-9-10-14)15-8-5-11-18-15/h2-8,11-12,14,16-17H,9-10H2,1H3/t12-,16?/m0/s1. The number of hydrogen-bond acceptors (Lipinski definition) is 2. The molecule has 0 bridgehead atoms. The molecule has 1 aliphatic rings. The summed E-state index contributed by atoms with van der Waals surface area (Å²) in [6.45, 7) is 2.26. The smallest absolute Gasteiger partial charge is 0.0448 e. The minimum absolute atomic E-state index is 0.416. The summed E-state index contributed by atoms with van der Waals surface area (Å²) >= 11 is 1.87. The number of rotatable bonds is 5. The molecular weight excluding hydrogens is 238 g/mol. The van der Waals surface area contributed by atoms with Gasteiger partial charge in [-0.25, -0.2) is 0 Å². The lowest BCUT2D eigenvalue weighted by molar-refractivity contribution is 0.433. The number of nitrogens with one attached hydrogen (secondary N) is 1. The van der Waals surface area contributed by atoms with Gasteiger partial charge >= 0.3 is 0 Å². The maximum absolute atomic E-state index is 3.81. The third-order valence-electron chi connectivity index (χ3n) is 3.67. The summed E-state index contributed by atoms with van der Waals surface area (Å²) in [7, 11) is 0. The van der Waals surface area contributed by atoms with Crippen molar-refractivity contribution >= 4 is 11.3 Å². The molecule has 0 aliphatic heterocycles. The zero-order valence-corrected chi connectivity index (χ0v) is 11.5. The van der Waals surface area contributed by atoms with Crippen LogP contribution in [0.25, 0.3) is 0 Å². The first-order valence-electron chi connectivity index (χ1n) is 6.69. The maximum atomic E-state index is 3.81. The molecule has 94 valence electrons. The van der Waals surface area contributed by atoms with E-state index in [0.717, 1.165) is 5.92 Å². The van der Waals surface area contributed by atoms with Gasteiger partial charge in [-0.05, 0) is 42.7 Å². The molecule has 1 N–H and O–H groups in total. The van der Waals surface area contributed by atoms with Crippen LogP contribution >= 0.6 is 11.3 Å². The fraction of sp³-hybridized carbons (Fsp3) is 0.375. The third-order valence-corrected chi connectivity index (χ3v) is 4.63. The van der Waals surface area contributed by atoms with E-state index >= 15 is 0 Å². The molecule has 0 spiro atoms. The lowest BCUT2D eigenvalue weighted by Gasteiger charge is -2.22. The second kappa shape index (κ2) is 5.25. The molecule has 1 aliphatic carbocycles. The predicted octanol–water partition coefficient (Wildman–Crippen LogP) is 4.55. The van der Waals surface area contributed by atoms with Crippen molar-refractivity contribution in [2.75, 3.05) is 0 Å². The van der Waals surface area contributed by atoms with Crippen molar-refractivity contribution < 1.29 is 0 Å². The summed E-state index contributed by atoms with van der Waals surface area (Å²) in [5, 5.41) is 5.99. The van der Waals surface area contributed by atoms with Gasteiger partial charge in [-0.2, -0.15) is 0 Å². The van der Waals surface area contributed by atoms with Crippen molar-refractivity contribution in [3.63, 3.8) is 0 Å². The molecule has 0 amide bonds. The van der Waals surface area contributed by atoms with E-state index in [1.165, 1.54) is 23.3 Å². The summed E-state index contributed by atoms with van der Waals surface area (Å²) in [5.41, 5.74) is 1.37. The Hall–Kier alpha value is -1.12. The van der Waals surface area contributed by atoms with Crippen LogP contribution in [-0.4, -0.2) is 0 Å². The average Bonchev–Trinajstić information content (AvgIpc) is 3.11. The van der Waals surface area contributed by atoms with Crippen LogP contribution < -0.4 is 5.32 Å². The van der Waals surface area contributed by atoms with E-state index < -0.39 is 0 Å². The van der Waals surface area contributed by atoms with Crippen molar-refractivity contribution in [1.29, 1.82) is 0 Å². The monoisotopic (exact) mass is 257 g/mol. The largest absolute Gasteiger partial charge is 0.302 e. The molecule has 18 heavy (non-hydrogen) atoms. The van der Waals surface area contributed by atoms with Crippen LogP contribution in [0.2, 0.25) is 0 Å². The van der Waals surface area contributed by atoms with Gasteiger partial charge < -0.3 is 5.32 Å². The van der Waals surface area contributed by atoms with Crippen molar-refractivity contribution in [2.45, 2.75) is 31.8 Å². The Bertz CT molecular complexity index is 473. The molecular formula is C16H19NS. The molecule has 3 rings (SSSR count). The molecule has 2 heteroatoms. The normalized spacial score (nSPS) is 18.5. The van der Waals surface area contributed by atoms with Crippen LogP contribution in [-0.2, 0) is 0 Å². The highest BCUT2D eigenvalue weighted by Crippen LogP contribution is 2.43. The third kappa shape index (κ3) is 2.65. The molecule has 2 atom stereocenters. The zero-order valence-electron chi connectivity index (χ0n) is 10.7. The highest BCUT2D eigenvalue weighted by molar-refractivity contribution is 7.10. The van der Waals surface area contributed by atoms with E-state index in [-0.39, 0.29) is 0 Å². The first-order valence-corrected chi connectivity index (χ1v) is 7.57. The molecule has 1 aromatic carbocycles. The van der Waals surface area contributed by atoms with Gasteiger partial charge in [0.05, 0.1) is 0 Å². The molecule has 0 saturated heterocycles. The van der Waals surface area contributed by atoms with Gasteiger partial charge in [0.1, 0.15) is 0 Å². The Kier molecular flexibility index (Phi) is 3.48. The minimum Gasteiger partial charge on any atom is -0.302 e. The summed E-state index contributed by atoms with van der Waals surface area (Å²) in [6.07, 6.45) is 2.74. The van der Waals surface area contributed by atoms with Gasteiger partial charge in [0.25, 0.3) is 0 Å². The number of benzene rings is 1. The highest BCUT2D eigenvalue weighted by Gasteiger charge is 2.33. The molecule has 1 heterocycles. The van der Waals surface area contributed by atoms with Gasteiger partial charge in [0.2, 0.25) is 0 Å².